The molecule has 0 saturated heterocycles. The Morgan fingerprint density at radius 1 is 0.886 bits per heavy atom. The van der Waals surface area contributed by atoms with Gasteiger partial charge in [0.1, 0.15) is 0 Å². The summed E-state index contributed by atoms with van der Waals surface area (Å²) in [7, 11) is 0. The maximum Gasteiger partial charge on any atom is 0.272 e. The van der Waals surface area contributed by atoms with Crippen molar-refractivity contribution >= 4 is 35.1 Å². The molecule has 1 N–H and O–H groups in total. The van der Waals surface area contributed by atoms with Crippen molar-refractivity contribution in [3.05, 3.63) is 136 Å². The molecule has 4 aromatic rings. The molecule has 6 heteroatoms. The summed E-state index contributed by atoms with van der Waals surface area (Å²) < 4.78 is 0. The van der Waals surface area contributed by atoms with Crippen LogP contribution in [0.2, 0.25) is 5.02 Å². The Morgan fingerprint density at radius 2 is 1.54 bits per heavy atom. The highest BCUT2D eigenvalue weighted by Gasteiger charge is 2.29. The molecule has 0 bridgehead atoms. The number of amides is 1. The van der Waals surface area contributed by atoms with Gasteiger partial charge in [-0.3, -0.25) is 9.80 Å². The van der Waals surface area contributed by atoms with E-state index in [2.05, 4.69) is 51.9 Å². The molecule has 1 atom stereocenters. The van der Waals surface area contributed by atoms with E-state index in [4.69, 9.17) is 16.7 Å². The molecular weight excluding hydrogens is 456 g/mol. The molecule has 0 radical (unpaired) electrons. The smallest absolute Gasteiger partial charge is 0.267 e. The van der Waals surface area contributed by atoms with Crippen LogP contribution in [0.4, 0.5) is 5.69 Å². The van der Waals surface area contributed by atoms with Crippen molar-refractivity contribution in [1.82, 2.24) is 5.43 Å². The minimum Gasteiger partial charge on any atom is -0.267 e. The molecule has 1 amide bonds. The fourth-order valence-corrected chi connectivity index (χ4v) is 4.29. The van der Waals surface area contributed by atoms with Crippen LogP contribution >= 0.6 is 11.6 Å². The lowest BCUT2D eigenvalue weighted by Gasteiger charge is -2.24. The Hall–Kier alpha value is -4.22. The molecule has 0 aromatic heterocycles. The zero-order valence-electron chi connectivity index (χ0n) is 18.9. The van der Waals surface area contributed by atoms with Crippen LogP contribution in [0.15, 0.2) is 119 Å². The number of benzene rings is 4. The molecule has 0 unspecified atom stereocenters. The van der Waals surface area contributed by atoms with Gasteiger partial charge in [-0.2, -0.15) is 10.2 Å². The first-order chi connectivity index (χ1) is 17.2. The van der Waals surface area contributed by atoms with Gasteiger partial charge in [0.25, 0.3) is 5.91 Å². The molecule has 5 nitrogen and oxygen atoms in total. The van der Waals surface area contributed by atoms with Gasteiger partial charge in [0, 0.05) is 6.42 Å². The number of rotatable bonds is 6. The van der Waals surface area contributed by atoms with Gasteiger partial charge in [-0.05, 0) is 41.0 Å². The van der Waals surface area contributed by atoms with Gasteiger partial charge in [-0.15, -0.1) is 0 Å². The molecule has 1 aliphatic heterocycles. The summed E-state index contributed by atoms with van der Waals surface area (Å²) in [5.74, 6) is -0.353. The van der Waals surface area contributed by atoms with Crippen LogP contribution in [-0.2, 0) is 0 Å². The molecule has 4 aromatic carbocycles. The summed E-state index contributed by atoms with van der Waals surface area (Å²) in [5, 5.41) is 11.5. The van der Waals surface area contributed by atoms with E-state index in [1.54, 1.807) is 30.5 Å². The first-order valence-corrected chi connectivity index (χ1v) is 11.7. The number of hydrogen-bond acceptors (Lipinski definition) is 4. The van der Waals surface area contributed by atoms with Crippen molar-refractivity contribution < 1.29 is 4.79 Å². The molecule has 0 saturated carbocycles. The van der Waals surface area contributed by atoms with E-state index >= 15 is 0 Å². The number of halogens is 1. The van der Waals surface area contributed by atoms with Gasteiger partial charge in [0.15, 0.2) is 0 Å². The highest BCUT2D eigenvalue weighted by atomic mass is 35.5. The van der Waals surface area contributed by atoms with Gasteiger partial charge < -0.3 is 0 Å². The SMILES string of the molecule is O=C(N/N=C\c1ccc(N2N=C(c3ccccc3)C[C@H]2c2ccccc2)cc1)c1ccccc1Cl. The minimum atomic E-state index is -0.353. The molecule has 5 rings (SSSR count). The summed E-state index contributed by atoms with van der Waals surface area (Å²) in [6.45, 7) is 0. The van der Waals surface area contributed by atoms with Crippen molar-refractivity contribution in [2.75, 3.05) is 5.01 Å². The molecule has 1 aliphatic rings. The normalized spacial score (nSPS) is 15.3. The van der Waals surface area contributed by atoms with Crippen molar-refractivity contribution in [2.24, 2.45) is 10.2 Å². The number of anilines is 1. The maximum absolute atomic E-state index is 12.3. The monoisotopic (exact) mass is 478 g/mol. The van der Waals surface area contributed by atoms with Crippen LogP contribution in [0.25, 0.3) is 0 Å². The first kappa shape index (κ1) is 22.6. The fraction of sp³-hybridized carbons (Fsp3) is 0.0690. The second-order valence-corrected chi connectivity index (χ2v) is 8.57. The van der Waals surface area contributed by atoms with Crippen molar-refractivity contribution in [1.29, 1.82) is 0 Å². The molecule has 0 fully saturated rings. The largest absolute Gasteiger partial charge is 0.272 e. The summed E-state index contributed by atoms with van der Waals surface area (Å²) >= 11 is 6.07. The number of carbonyl (C=O) groups is 1. The molecular formula is C29H23ClN4O. The van der Waals surface area contributed by atoms with Crippen LogP contribution in [0.5, 0.6) is 0 Å². The van der Waals surface area contributed by atoms with Gasteiger partial charge in [0.05, 0.1) is 34.2 Å². The van der Waals surface area contributed by atoms with Crippen LogP contribution in [0.3, 0.4) is 0 Å². The summed E-state index contributed by atoms with van der Waals surface area (Å²) in [5.41, 5.74) is 8.17. The molecule has 0 aliphatic carbocycles. The van der Waals surface area contributed by atoms with Gasteiger partial charge in [-0.1, -0.05) is 96.5 Å². The lowest BCUT2D eigenvalue weighted by Crippen LogP contribution is -2.18. The Morgan fingerprint density at radius 3 is 2.26 bits per heavy atom. The zero-order chi connectivity index (χ0) is 24.0. The maximum atomic E-state index is 12.3. The molecule has 0 spiro atoms. The van der Waals surface area contributed by atoms with Crippen LogP contribution in [0.1, 0.15) is 39.5 Å². The number of hydrazone groups is 2. The standard InChI is InChI=1S/C29H23ClN4O/c30-26-14-8-7-13-25(26)29(35)32-31-20-21-15-17-24(18-16-21)34-28(23-11-5-2-6-12-23)19-27(33-34)22-9-3-1-4-10-22/h1-18,20,28H,19H2,(H,32,35)/b31-20-/t28-/m0/s1. The minimum absolute atomic E-state index is 0.112. The van der Waals surface area contributed by atoms with E-state index < -0.39 is 0 Å². The Labute approximate surface area is 209 Å². The number of nitrogens with one attached hydrogen (secondary N) is 1. The first-order valence-electron chi connectivity index (χ1n) is 11.3. The third kappa shape index (κ3) is 5.15. The number of carbonyl (C=O) groups excluding carboxylic acids is 1. The fourth-order valence-electron chi connectivity index (χ4n) is 4.07. The van der Waals surface area contributed by atoms with Crippen LogP contribution < -0.4 is 10.4 Å². The second kappa shape index (κ2) is 10.4. The zero-order valence-corrected chi connectivity index (χ0v) is 19.6. The van der Waals surface area contributed by atoms with Crippen molar-refractivity contribution in [3.8, 4) is 0 Å². The third-order valence-corrected chi connectivity index (χ3v) is 6.19. The van der Waals surface area contributed by atoms with Gasteiger partial charge in [0.2, 0.25) is 0 Å². The summed E-state index contributed by atoms with van der Waals surface area (Å²) in [4.78, 5) is 12.3. The van der Waals surface area contributed by atoms with Crippen molar-refractivity contribution in [3.63, 3.8) is 0 Å². The second-order valence-electron chi connectivity index (χ2n) is 8.16. The van der Waals surface area contributed by atoms with E-state index in [0.29, 0.717) is 10.6 Å². The van der Waals surface area contributed by atoms with E-state index in [1.807, 2.05) is 48.5 Å². The molecule has 172 valence electrons. The Balaban J connectivity index is 1.34. The Kier molecular flexibility index (Phi) is 6.68. The lowest BCUT2D eigenvalue weighted by atomic mass is 9.98. The van der Waals surface area contributed by atoms with Crippen molar-refractivity contribution in [2.45, 2.75) is 12.5 Å². The van der Waals surface area contributed by atoms with E-state index in [9.17, 15) is 4.79 Å². The molecule has 35 heavy (non-hydrogen) atoms. The highest BCUT2D eigenvalue weighted by Crippen LogP contribution is 2.36. The highest BCUT2D eigenvalue weighted by molar-refractivity contribution is 6.33. The third-order valence-electron chi connectivity index (χ3n) is 5.86. The summed E-state index contributed by atoms with van der Waals surface area (Å²) in [6.07, 6.45) is 2.43. The summed E-state index contributed by atoms with van der Waals surface area (Å²) in [6, 6.07) is 35.7. The van der Waals surface area contributed by atoms with E-state index in [1.165, 1.54) is 5.56 Å². The van der Waals surface area contributed by atoms with E-state index in [0.717, 1.165) is 28.9 Å². The average Bonchev–Trinajstić information content (AvgIpc) is 3.36. The van der Waals surface area contributed by atoms with E-state index in [-0.39, 0.29) is 11.9 Å². The quantitative estimate of drug-likeness (QED) is 0.255. The molecule has 1 heterocycles. The predicted octanol–water partition coefficient (Wildman–Crippen LogP) is 6.46. The predicted molar refractivity (Wildman–Crippen MR) is 142 cm³/mol. The topological polar surface area (TPSA) is 57.1 Å². The number of nitrogens with zero attached hydrogens (tertiary/aromatic N) is 3. The van der Waals surface area contributed by atoms with Crippen LogP contribution in [-0.4, -0.2) is 17.8 Å². The average molecular weight is 479 g/mol. The van der Waals surface area contributed by atoms with Crippen LogP contribution in [0, 0.1) is 0 Å². The lowest BCUT2D eigenvalue weighted by molar-refractivity contribution is 0.0955. The van der Waals surface area contributed by atoms with Gasteiger partial charge in [-0.25, -0.2) is 5.43 Å². The number of hydrogen-bond donors (Lipinski definition) is 1. The van der Waals surface area contributed by atoms with Gasteiger partial charge >= 0.3 is 0 Å². The Bertz CT molecular complexity index is 1370.